The third-order valence-electron chi connectivity index (χ3n) is 2.01. The van der Waals surface area contributed by atoms with Crippen LogP contribution < -0.4 is 4.74 Å². The summed E-state index contributed by atoms with van der Waals surface area (Å²) in [6, 6.07) is 7.57. The van der Waals surface area contributed by atoms with E-state index >= 15 is 0 Å². The van der Waals surface area contributed by atoms with Crippen LogP contribution in [0, 0.1) is 0 Å². The first-order valence-corrected chi connectivity index (χ1v) is 5.68. The van der Waals surface area contributed by atoms with Crippen LogP contribution in [-0.4, -0.2) is 22.5 Å². The molecule has 0 spiro atoms. The maximum absolute atomic E-state index is 10.1. The standard InChI is InChI=1S/C11H10N2O2S/c14-6-1-7-15-10-4-2-9(3-5-10)11-8-16-13-12-11/h2-6,8H,1,7H2. The molecular formula is C11H10N2O2S. The lowest BCUT2D eigenvalue weighted by Crippen LogP contribution is -1.97. The molecule has 0 N–H and O–H groups in total. The highest BCUT2D eigenvalue weighted by Gasteiger charge is 2.00. The molecule has 0 saturated heterocycles. The summed E-state index contributed by atoms with van der Waals surface area (Å²) in [4.78, 5) is 10.1. The molecule has 5 heteroatoms. The van der Waals surface area contributed by atoms with E-state index in [4.69, 9.17) is 4.74 Å². The van der Waals surface area contributed by atoms with Gasteiger partial charge in [0, 0.05) is 17.4 Å². The second-order valence-corrected chi connectivity index (χ2v) is 3.73. The van der Waals surface area contributed by atoms with Gasteiger partial charge in [0.05, 0.1) is 6.61 Å². The minimum atomic E-state index is 0.414. The van der Waals surface area contributed by atoms with E-state index in [9.17, 15) is 4.79 Å². The van der Waals surface area contributed by atoms with Gasteiger partial charge in [0.15, 0.2) is 0 Å². The van der Waals surface area contributed by atoms with Gasteiger partial charge in [0.2, 0.25) is 0 Å². The molecule has 2 rings (SSSR count). The van der Waals surface area contributed by atoms with Crippen molar-refractivity contribution in [1.82, 2.24) is 9.59 Å². The molecule has 4 nitrogen and oxygen atoms in total. The number of hydrogen-bond acceptors (Lipinski definition) is 5. The summed E-state index contributed by atoms with van der Waals surface area (Å²) in [7, 11) is 0. The van der Waals surface area contributed by atoms with E-state index in [1.165, 1.54) is 11.5 Å². The van der Waals surface area contributed by atoms with Crippen molar-refractivity contribution in [3.8, 4) is 17.0 Å². The number of carbonyl (C=O) groups is 1. The number of aromatic nitrogens is 2. The van der Waals surface area contributed by atoms with Crippen LogP contribution in [0.3, 0.4) is 0 Å². The van der Waals surface area contributed by atoms with Crippen LogP contribution in [0.5, 0.6) is 5.75 Å². The molecule has 1 aromatic carbocycles. The molecule has 0 atom stereocenters. The molecule has 0 radical (unpaired) electrons. The number of rotatable bonds is 5. The molecule has 16 heavy (non-hydrogen) atoms. The molecule has 0 aliphatic rings. The van der Waals surface area contributed by atoms with Crippen LogP contribution in [0.15, 0.2) is 29.6 Å². The SMILES string of the molecule is O=CCCOc1ccc(-c2csnn2)cc1. The zero-order valence-electron chi connectivity index (χ0n) is 8.50. The Kier molecular flexibility index (Phi) is 3.61. The van der Waals surface area contributed by atoms with E-state index in [-0.39, 0.29) is 0 Å². The van der Waals surface area contributed by atoms with Crippen molar-refractivity contribution in [2.45, 2.75) is 6.42 Å². The third-order valence-corrected chi connectivity index (χ3v) is 2.52. The second-order valence-electron chi connectivity index (χ2n) is 3.12. The number of nitrogens with zero attached hydrogens (tertiary/aromatic N) is 2. The summed E-state index contributed by atoms with van der Waals surface area (Å²) in [6.45, 7) is 0.418. The summed E-state index contributed by atoms with van der Waals surface area (Å²) >= 11 is 1.32. The number of carbonyl (C=O) groups excluding carboxylic acids is 1. The van der Waals surface area contributed by atoms with Crippen LogP contribution in [0.2, 0.25) is 0 Å². The van der Waals surface area contributed by atoms with Gasteiger partial charge < -0.3 is 9.53 Å². The zero-order valence-corrected chi connectivity index (χ0v) is 9.31. The molecule has 0 saturated carbocycles. The van der Waals surface area contributed by atoms with E-state index in [0.717, 1.165) is 23.3 Å². The normalized spacial score (nSPS) is 10.0. The molecule has 82 valence electrons. The fourth-order valence-corrected chi connectivity index (χ4v) is 1.70. The monoisotopic (exact) mass is 234 g/mol. The number of aldehydes is 1. The van der Waals surface area contributed by atoms with E-state index < -0.39 is 0 Å². The highest BCUT2D eigenvalue weighted by Crippen LogP contribution is 2.21. The van der Waals surface area contributed by atoms with Crippen molar-refractivity contribution in [3.63, 3.8) is 0 Å². The highest BCUT2D eigenvalue weighted by atomic mass is 32.1. The van der Waals surface area contributed by atoms with Crippen molar-refractivity contribution in [3.05, 3.63) is 29.6 Å². The first-order chi connectivity index (χ1) is 7.90. The first-order valence-electron chi connectivity index (χ1n) is 4.84. The molecule has 2 aromatic rings. The Balaban J connectivity index is 2.02. The van der Waals surface area contributed by atoms with Gasteiger partial charge in [-0.1, -0.05) is 4.49 Å². The van der Waals surface area contributed by atoms with Crippen molar-refractivity contribution < 1.29 is 9.53 Å². The van der Waals surface area contributed by atoms with Gasteiger partial charge in [0.25, 0.3) is 0 Å². The van der Waals surface area contributed by atoms with Gasteiger partial charge in [-0.15, -0.1) is 5.10 Å². The van der Waals surface area contributed by atoms with Gasteiger partial charge >= 0.3 is 0 Å². The molecule has 0 fully saturated rings. The Morgan fingerprint density at radius 1 is 1.31 bits per heavy atom. The quantitative estimate of drug-likeness (QED) is 0.587. The van der Waals surface area contributed by atoms with E-state index in [2.05, 4.69) is 9.59 Å². The lowest BCUT2D eigenvalue weighted by atomic mass is 10.2. The molecule has 0 aliphatic heterocycles. The van der Waals surface area contributed by atoms with Crippen LogP contribution in [-0.2, 0) is 4.79 Å². The lowest BCUT2D eigenvalue weighted by molar-refractivity contribution is -0.108. The maximum Gasteiger partial charge on any atom is 0.123 e. The molecule has 1 aromatic heterocycles. The van der Waals surface area contributed by atoms with Gasteiger partial charge in [-0.05, 0) is 35.8 Å². The van der Waals surface area contributed by atoms with Crippen LogP contribution in [0.1, 0.15) is 6.42 Å². The Morgan fingerprint density at radius 3 is 2.75 bits per heavy atom. The minimum absolute atomic E-state index is 0.414. The van der Waals surface area contributed by atoms with Crippen molar-refractivity contribution in [2.24, 2.45) is 0 Å². The fraction of sp³-hybridized carbons (Fsp3) is 0.182. The topological polar surface area (TPSA) is 52.1 Å². The maximum atomic E-state index is 10.1. The van der Waals surface area contributed by atoms with E-state index in [1.54, 1.807) is 0 Å². The molecular weight excluding hydrogens is 224 g/mol. The number of hydrogen-bond donors (Lipinski definition) is 0. The smallest absolute Gasteiger partial charge is 0.123 e. The summed E-state index contributed by atoms with van der Waals surface area (Å²) in [5.74, 6) is 0.758. The third kappa shape index (κ3) is 2.64. The summed E-state index contributed by atoms with van der Waals surface area (Å²) in [6.07, 6.45) is 1.26. The van der Waals surface area contributed by atoms with Crippen LogP contribution >= 0.6 is 11.5 Å². The first kappa shape index (κ1) is 10.8. The fourth-order valence-electron chi connectivity index (χ4n) is 1.24. The molecule has 0 amide bonds. The van der Waals surface area contributed by atoms with E-state index in [1.807, 2.05) is 29.6 Å². The van der Waals surface area contributed by atoms with Gasteiger partial charge in [-0.25, -0.2) is 0 Å². The Hall–Kier alpha value is -1.75. The average Bonchev–Trinajstić information content (AvgIpc) is 2.84. The predicted molar refractivity (Wildman–Crippen MR) is 61.5 cm³/mol. The van der Waals surface area contributed by atoms with E-state index in [0.29, 0.717) is 13.0 Å². The van der Waals surface area contributed by atoms with Crippen molar-refractivity contribution >= 4 is 17.8 Å². The van der Waals surface area contributed by atoms with Gasteiger partial charge in [-0.3, -0.25) is 0 Å². The molecule has 0 bridgehead atoms. The molecule has 0 unspecified atom stereocenters. The number of ether oxygens (including phenoxy) is 1. The largest absolute Gasteiger partial charge is 0.493 e. The zero-order chi connectivity index (χ0) is 11.2. The second kappa shape index (κ2) is 5.37. The Labute approximate surface area is 97.0 Å². The Bertz CT molecular complexity index is 440. The summed E-state index contributed by atoms with van der Waals surface area (Å²) in [5, 5.41) is 5.86. The number of benzene rings is 1. The van der Waals surface area contributed by atoms with Crippen molar-refractivity contribution in [2.75, 3.05) is 6.61 Å². The molecule has 0 aliphatic carbocycles. The minimum Gasteiger partial charge on any atom is -0.493 e. The van der Waals surface area contributed by atoms with Gasteiger partial charge in [-0.2, -0.15) is 0 Å². The predicted octanol–water partition coefficient (Wildman–Crippen LogP) is 2.17. The lowest BCUT2D eigenvalue weighted by Gasteiger charge is -2.03. The Morgan fingerprint density at radius 2 is 2.12 bits per heavy atom. The van der Waals surface area contributed by atoms with Crippen LogP contribution in [0.4, 0.5) is 0 Å². The summed E-state index contributed by atoms with van der Waals surface area (Å²) < 4.78 is 9.16. The summed E-state index contributed by atoms with van der Waals surface area (Å²) in [5.41, 5.74) is 1.88. The van der Waals surface area contributed by atoms with Crippen LogP contribution in [0.25, 0.3) is 11.3 Å². The van der Waals surface area contributed by atoms with Gasteiger partial charge in [0.1, 0.15) is 17.7 Å². The molecule has 1 heterocycles. The average molecular weight is 234 g/mol. The highest BCUT2D eigenvalue weighted by molar-refractivity contribution is 7.03. The van der Waals surface area contributed by atoms with Crippen molar-refractivity contribution in [1.29, 1.82) is 0 Å².